The summed E-state index contributed by atoms with van der Waals surface area (Å²) in [6, 6.07) is 3.04. The Kier molecular flexibility index (Phi) is 4.79. The van der Waals surface area contributed by atoms with Crippen molar-refractivity contribution in [1.82, 2.24) is 15.2 Å². The molecule has 2 rings (SSSR count). The van der Waals surface area contributed by atoms with Crippen LogP contribution < -0.4 is 10.6 Å². The number of hydrogen-bond donors (Lipinski definition) is 3. The van der Waals surface area contributed by atoms with Crippen LogP contribution in [0.15, 0.2) is 18.3 Å². The normalized spacial score (nSPS) is 17.6. The predicted molar refractivity (Wildman–Crippen MR) is 74.8 cm³/mol. The molecule has 1 amide bonds. The van der Waals surface area contributed by atoms with Crippen LogP contribution in [0, 0.1) is 0 Å². The highest BCUT2D eigenvalue weighted by Crippen LogP contribution is 2.21. The maximum Gasteiger partial charge on any atom is 0.326 e. The molecule has 6 heteroatoms. The van der Waals surface area contributed by atoms with Gasteiger partial charge in [0.2, 0.25) is 0 Å². The number of carbonyl (C=O) groups is 2. The first kappa shape index (κ1) is 14.6. The third-order valence-corrected chi connectivity index (χ3v) is 3.73. The summed E-state index contributed by atoms with van der Waals surface area (Å²) in [5, 5.41) is 14.9. The van der Waals surface area contributed by atoms with Gasteiger partial charge in [0, 0.05) is 12.2 Å². The van der Waals surface area contributed by atoms with Crippen molar-refractivity contribution in [3.05, 3.63) is 24.0 Å². The van der Waals surface area contributed by atoms with Crippen LogP contribution in [0.5, 0.6) is 0 Å². The Morgan fingerprint density at radius 2 is 2.20 bits per heavy atom. The van der Waals surface area contributed by atoms with Gasteiger partial charge in [0.05, 0.1) is 0 Å². The van der Waals surface area contributed by atoms with Gasteiger partial charge in [-0.25, -0.2) is 4.79 Å². The molecule has 1 saturated heterocycles. The molecule has 0 aromatic carbocycles. The minimum Gasteiger partial charge on any atom is -0.480 e. The van der Waals surface area contributed by atoms with Gasteiger partial charge in [0.25, 0.3) is 5.91 Å². The molecule has 110 valence electrons. The second kappa shape index (κ2) is 6.56. The standard InChI is InChI=1S/C14H21N3O3/c1-2-11(14(19)20)16-13(18)12-4-3-9-17(12)10-5-7-15-8-6-10/h3-4,9-11,15H,2,5-8H2,1H3,(H,16,18)(H,19,20)/t11-/m1/s1. The Bertz CT molecular complexity index is 478. The fraction of sp³-hybridized carbons (Fsp3) is 0.571. The molecule has 0 radical (unpaired) electrons. The molecule has 0 bridgehead atoms. The highest BCUT2D eigenvalue weighted by Gasteiger charge is 2.23. The fourth-order valence-corrected chi connectivity index (χ4v) is 2.56. The summed E-state index contributed by atoms with van der Waals surface area (Å²) in [5.74, 6) is -1.32. The Hall–Kier alpha value is -1.82. The van der Waals surface area contributed by atoms with E-state index in [4.69, 9.17) is 5.11 Å². The molecule has 0 aliphatic carbocycles. The van der Waals surface area contributed by atoms with E-state index in [0.717, 1.165) is 25.9 Å². The predicted octanol–water partition coefficient (Wildman–Crippen LogP) is 1.01. The number of aromatic nitrogens is 1. The number of nitrogens with zero attached hydrogens (tertiary/aromatic N) is 1. The van der Waals surface area contributed by atoms with Crippen LogP contribution in [0.4, 0.5) is 0 Å². The Labute approximate surface area is 118 Å². The number of hydrogen-bond acceptors (Lipinski definition) is 3. The second-order valence-electron chi connectivity index (χ2n) is 5.05. The van der Waals surface area contributed by atoms with Crippen LogP contribution >= 0.6 is 0 Å². The van der Waals surface area contributed by atoms with Gasteiger partial charge >= 0.3 is 5.97 Å². The van der Waals surface area contributed by atoms with Gasteiger partial charge in [-0.05, 0) is 44.5 Å². The number of carboxylic acid groups (broad SMARTS) is 1. The molecule has 1 aromatic rings. The molecular weight excluding hydrogens is 258 g/mol. The highest BCUT2D eigenvalue weighted by atomic mass is 16.4. The summed E-state index contributed by atoms with van der Waals surface area (Å²) in [4.78, 5) is 23.2. The average Bonchev–Trinajstić information content (AvgIpc) is 2.94. The van der Waals surface area contributed by atoms with Gasteiger partial charge < -0.3 is 20.3 Å². The zero-order chi connectivity index (χ0) is 14.5. The summed E-state index contributed by atoms with van der Waals surface area (Å²) < 4.78 is 1.96. The molecule has 0 unspecified atom stereocenters. The molecule has 1 aromatic heterocycles. The summed E-state index contributed by atoms with van der Waals surface area (Å²) in [5.41, 5.74) is 0.539. The molecule has 0 saturated carbocycles. The molecule has 20 heavy (non-hydrogen) atoms. The van der Waals surface area contributed by atoms with Crippen molar-refractivity contribution in [3.63, 3.8) is 0 Å². The number of piperidine rings is 1. The molecule has 2 heterocycles. The Balaban J connectivity index is 2.10. The quantitative estimate of drug-likeness (QED) is 0.751. The van der Waals surface area contributed by atoms with Gasteiger partial charge in [-0.3, -0.25) is 4.79 Å². The fourth-order valence-electron chi connectivity index (χ4n) is 2.56. The highest BCUT2D eigenvalue weighted by molar-refractivity contribution is 5.95. The summed E-state index contributed by atoms with van der Waals surface area (Å²) >= 11 is 0. The molecule has 1 atom stereocenters. The molecule has 1 aliphatic heterocycles. The molecule has 1 aliphatic rings. The molecule has 1 fully saturated rings. The van der Waals surface area contributed by atoms with Crippen LogP contribution in [0.1, 0.15) is 42.7 Å². The van der Waals surface area contributed by atoms with Crippen molar-refractivity contribution in [3.8, 4) is 0 Å². The number of aliphatic carboxylic acids is 1. The Morgan fingerprint density at radius 3 is 2.80 bits per heavy atom. The van der Waals surface area contributed by atoms with Crippen LogP contribution in [-0.2, 0) is 4.79 Å². The van der Waals surface area contributed by atoms with Gasteiger partial charge in [-0.15, -0.1) is 0 Å². The smallest absolute Gasteiger partial charge is 0.326 e. The van der Waals surface area contributed by atoms with Crippen molar-refractivity contribution in [2.24, 2.45) is 0 Å². The van der Waals surface area contributed by atoms with Gasteiger partial charge in [0.1, 0.15) is 11.7 Å². The monoisotopic (exact) mass is 279 g/mol. The van der Waals surface area contributed by atoms with Crippen molar-refractivity contribution in [2.75, 3.05) is 13.1 Å². The molecule has 0 spiro atoms. The lowest BCUT2D eigenvalue weighted by Crippen LogP contribution is -2.41. The van der Waals surface area contributed by atoms with Crippen LogP contribution in [-0.4, -0.2) is 40.7 Å². The van der Waals surface area contributed by atoms with Gasteiger partial charge in [0.15, 0.2) is 0 Å². The maximum absolute atomic E-state index is 12.2. The van der Waals surface area contributed by atoms with Crippen molar-refractivity contribution < 1.29 is 14.7 Å². The number of carboxylic acids is 1. The first-order valence-electron chi connectivity index (χ1n) is 7.04. The number of rotatable bonds is 5. The van der Waals surface area contributed by atoms with E-state index in [9.17, 15) is 9.59 Å². The minimum absolute atomic E-state index is 0.303. The third kappa shape index (κ3) is 3.19. The van der Waals surface area contributed by atoms with Gasteiger partial charge in [-0.1, -0.05) is 6.92 Å². The lowest BCUT2D eigenvalue weighted by molar-refractivity contribution is -0.139. The average molecular weight is 279 g/mol. The maximum atomic E-state index is 12.2. The van der Waals surface area contributed by atoms with Crippen molar-refractivity contribution in [1.29, 1.82) is 0 Å². The zero-order valence-electron chi connectivity index (χ0n) is 11.6. The first-order valence-corrected chi connectivity index (χ1v) is 7.04. The van der Waals surface area contributed by atoms with E-state index in [2.05, 4.69) is 10.6 Å². The van der Waals surface area contributed by atoms with E-state index in [1.807, 2.05) is 16.8 Å². The largest absolute Gasteiger partial charge is 0.480 e. The minimum atomic E-state index is -0.999. The van der Waals surface area contributed by atoms with Crippen molar-refractivity contribution >= 4 is 11.9 Å². The van der Waals surface area contributed by atoms with Crippen LogP contribution in [0.3, 0.4) is 0 Å². The second-order valence-corrected chi connectivity index (χ2v) is 5.05. The first-order chi connectivity index (χ1) is 9.63. The van der Waals surface area contributed by atoms with E-state index in [0.29, 0.717) is 18.2 Å². The summed E-state index contributed by atoms with van der Waals surface area (Å²) in [6.07, 6.45) is 4.22. The number of nitrogens with one attached hydrogen (secondary N) is 2. The van der Waals surface area contributed by atoms with Crippen LogP contribution in [0.2, 0.25) is 0 Å². The molecule has 3 N–H and O–H groups in total. The lowest BCUT2D eigenvalue weighted by atomic mass is 10.1. The van der Waals surface area contributed by atoms with E-state index in [-0.39, 0.29) is 5.91 Å². The number of carbonyl (C=O) groups excluding carboxylic acids is 1. The Morgan fingerprint density at radius 1 is 1.50 bits per heavy atom. The lowest BCUT2D eigenvalue weighted by Gasteiger charge is -2.26. The SMILES string of the molecule is CC[C@@H](NC(=O)c1cccn1C1CCNCC1)C(=O)O. The summed E-state index contributed by atoms with van der Waals surface area (Å²) in [6.45, 7) is 3.62. The number of amides is 1. The zero-order valence-corrected chi connectivity index (χ0v) is 11.6. The van der Waals surface area contributed by atoms with E-state index in [1.165, 1.54) is 0 Å². The molecule has 6 nitrogen and oxygen atoms in total. The molecular formula is C14H21N3O3. The van der Waals surface area contributed by atoms with E-state index >= 15 is 0 Å². The van der Waals surface area contributed by atoms with E-state index < -0.39 is 12.0 Å². The topological polar surface area (TPSA) is 83.4 Å². The van der Waals surface area contributed by atoms with Crippen molar-refractivity contribution in [2.45, 2.75) is 38.3 Å². The van der Waals surface area contributed by atoms with E-state index in [1.54, 1.807) is 13.0 Å². The van der Waals surface area contributed by atoms with Gasteiger partial charge in [-0.2, -0.15) is 0 Å². The third-order valence-electron chi connectivity index (χ3n) is 3.73. The summed E-state index contributed by atoms with van der Waals surface area (Å²) in [7, 11) is 0. The van der Waals surface area contributed by atoms with Crippen LogP contribution in [0.25, 0.3) is 0 Å².